The van der Waals surface area contributed by atoms with E-state index in [1.54, 1.807) is 0 Å². The van der Waals surface area contributed by atoms with Crippen LogP contribution in [0.1, 0.15) is 50.2 Å². The molecule has 2 fully saturated rings. The Hall–Kier alpha value is -0.800. The molecular formula is C16H26N2O. The van der Waals surface area contributed by atoms with Crippen LogP contribution in [0.4, 0.5) is 0 Å². The van der Waals surface area contributed by atoms with E-state index in [1.807, 2.05) is 0 Å². The Kier molecular flexibility index (Phi) is 3.44. The third kappa shape index (κ3) is 3.40. The molecule has 0 aromatic carbocycles. The molecule has 19 heavy (non-hydrogen) atoms. The number of furan rings is 1. The van der Waals surface area contributed by atoms with Crippen molar-refractivity contribution in [3.05, 3.63) is 23.2 Å². The summed E-state index contributed by atoms with van der Waals surface area (Å²) in [5.74, 6) is 2.25. The topological polar surface area (TPSA) is 28.4 Å². The van der Waals surface area contributed by atoms with E-state index in [0.29, 0.717) is 5.41 Å². The average Bonchev–Trinajstić information content (AvgIpc) is 3.01. The van der Waals surface area contributed by atoms with Crippen molar-refractivity contribution in [3.63, 3.8) is 0 Å². The van der Waals surface area contributed by atoms with Crippen LogP contribution in [0.25, 0.3) is 0 Å². The number of likely N-dealkylation sites (tertiary alicyclic amines) is 1. The van der Waals surface area contributed by atoms with Crippen molar-refractivity contribution in [1.29, 1.82) is 0 Å². The van der Waals surface area contributed by atoms with Gasteiger partial charge in [-0.2, -0.15) is 0 Å². The highest BCUT2D eigenvalue weighted by Crippen LogP contribution is 2.30. The minimum atomic E-state index is 0.470. The third-order valence-corrected chi connectivity index (χ3v) is 4.34. The van der Waals surface area contributed by atoms with E-state index in [1.165, 1.54) is 37.9 Å². The standard InChI is InChI=1S/C16H26N2O/c1-12-8-14(10-18-7-6-16(2,3)11-18)19-15(12)9-17-13-4-5-13/h8,13,17H,4-7,9-11H2,1-3H3. The lowest BCUT2D eigenvalue weighted by Gasteiger charge is -2.18. The molecule has 1 saturated carbocycles. The van der Waals surface area contributed by atoms with Gasteiger partial charge in [0, 0.05) is 12.6 Å². The van der Waals surface area contributed by atoms with Gasteiger partial charge in [-0.05, 0) is 49.8 Å². The van der Waals surface area contributed by atoms with E-state index >= 15 is 0 Å². The van der Waals surface area contributed by atoms with Gasteiger partial charge in [-0.3, -0.25) is 4.90 Å². The Morgan fingerprint density at radius 3 is 2.84 bits per heavy atom. The van der Waals surface area contributed by atoms with Crippen LogP contribution in [-0.2, 0) is 13.1 Å². The summed E-state index contributed by atoms with van der Waals surface area (Å²) in [6.45, 7) is 11.1. The molecular weight excluding hydrogens is 236 g/mol. The lowest BCUT2D eigenvalue weighted by Crippen LogP contribution is -2.22. The van der Waals surface area contributed by atoms with Gasteiger partial charge in [0.2, 0.25) is 0 Å². The molecule has 1 aliphatic carbocycles. The smallest absolute Gasteiger partial charge is 0.120 e. The van der Waals surface area contributed by atoms with Crippen molar-refractivity contribution < 1.29 is 4.42 Å². The van der Waals surface area contributed by atoms with Crippen LogP contribution in [0.5, 0.6) is 0 Å². The van der Waals surface area contributed by atoms with E-state index in [0.717, 1.165) is 30.7 Å². The number of rotatable bonds is 5. The molecule has 2 heterocycles. The molecule has 0 radical (unpaired) electrons. The van der Waals surface area contributed by atoms with Crippen LogP contribution >= 0.6 is 0 Å². The Morgan fingerprint density at radius 1 is 1.42 bits per heavy atom. The van der Waals surface area contributed by atoms with Gasteiger partial charge >= 0.3 is 0 Å². The minimum Gasteiger partial charge on any atom is -0.463 e. The summed E-state index contributed by atoms with van der Waals surface area (Å²) < 4.78 is 6.02. The van der Waals surface area contributed by atoms with Crippen LogP contribution in [0.2, 0.25) is 0 Å². The first-order valence-electron chi connectivity index (χ1n) is 7.56. The van der Waals surface area contributed by atoms with E-state index in [4.69, 9.17) is 4.42 Å². The largest absolute Gasteiger partial charge is 0.463 e. The van der Waals surface area contributed by atoms with Crippen LogP contribution in [0.15, 0.2) is 10.5 Å². The first-order valence-corrected chi connectivity index (χ1v) is 7.56. The zero-order valence-corrected chi connectivity index (χ0v) is 12.5. The van der Waals surface area contributed by atoms with Crippen LogP contribution in [-0.4, -0.2) is 24.0 Å². The first-order chi connectivity index (χ1) is 9.02. The van der Waals surface area contributed by atoms with Gasteiger partial charge in [0.25, 0.3) is 0 Å². The Balaban J connectivity index is 1.57. The molecule has 0 bridgehead atoms. The van der Waals surface area contributed by atoms with Gasteiger partial charge < -0.3 is 9.73 Å². The predicted octanol–water partition coefficient (Wildman–Crippen LogP) is 3.07. The fourth-order valence-corrected chi connectivity index (χ4v) is 2.95. The highest BCUT2D eigenvalue weighted by Gasteiger charge is 2.29. The molecule has 0 amide bonds. The van der Waals surface area contributed by atoms with E-state index in [2.05, 4.69) is 37.1 Å². The molecule has 0 unspecified atom stereocenters. The fourth-order valence-electron chi connectivity index (χ4n) is 2.95. The second-order valence-corrected chi connectivity index (χ2v) is 7.10. The van der Waals surface area contributed by atoms with Gasteiger partial charge in [-0.15, -0.1) is 0 Å². The summed E-state index contributed by atoms with van der Waals surface area (Å²) in [6.07, 6.45) is 3.95. The zero-order chi connectivity index (χ0) is 13.5. The van der Waals surface area contributed by atoms with E-state index in [-0.39, 0.29) is 0 Å². The molecule has 2 aliphatic rings. The van der Waals surface area contributed by atoms with Crippen LogP contribution < -0.4 is 5.32 Å². The molecule has 106 valence electrons. The molecule has 1 saturated heterocycles. The highest BCUT2D eigenvalue weighted by atomic mass is 16.3. The number of hydrogen-bond donors (Lipinski definition) is 1. The normalized spacial score (nSPS) is 23.1. The van der Waals surface area contributed by atoms with Crippen molar-refractivity contribution in [3.8, 4) is 0 Å². The number of nitrogens with one attached hydrogen (secondary N) is 1. The van der Waals surface area contributed by atoms with Crippen molar-refractivity contribution in [2.75, 3.05) is 13.1 Å². The van der Waals surface area contributed by atoms with E-state index < -0.39 is 0 Å². The summed E-state index contributed by atoms with van der Waals surface area (Å²) in [4.78, 5) is 2.51. The maximum Gasteiger partial charge on any atom is 0.120 e. The lowest BCUT2D eigenvalue weighted by atomic mass is 9.93. The first kappa shape index (κ1) is 13.2. The molecule has 1 N–H and O–H groups in total. The minimum absolute atomic E-state index is 0.470. The summed E-state index contributed by atoms with van der Waals surface area (Å²) in [6, 6.07) is 2.96. The monoisotopic (exact) mass is 262 g/mol. The summed E-state index contributed by atoms with van der Waals surface area (Å²) in [5.41, 5.74) is 1.76. The summed E-state index contributed by atoms with van der Waals surface area (Å²) in [7, 11) is 0. The Bertz CT molecular complexity index is 446. The van der Waals surface area contributed by atoms with Crippen molar-refractivity contribution in [1.82, 2.24) is 10.2 Å². The maximum atomic E-state index is 6.02. The van der Waals surface area contributed by atoms with Crippen LogP contribution in [0, 0.1) is 12.3 Å². The quantitative estimate of drug-likeness (QED) is 0.884. The molecule has 1 aromatic heterocycles. The van der Waals surface area contributed by atoms with Gasteiger partial charge in [0.15, 0.2) is 0 Å². The van der Waals surface area contributed by atoms with E-state index in [9.17, 15) is 0 Å². The molecule has 1 aliphatic heterocycles. The number of aryl methyl sites for hydroxylation is 1. The van der Waals surface area contributed by atoms with Crippen molar-refractivity contribution in [2.45, 2.75) is 59.2 Å². The van der Waals surface area contributed by atoms with Gasteiger partial charge in [-0.1, -0.05) is 13.8 Å². The van der Waals surface area contributed by atoms with Crippen molar-refractivity contribution >= 4 is 0 Å². The maximum absolute atomic E-state index is 6.02. The zero-order valence-electron chi connectivity index (χ0n) is 12.5. The lowest BCUT2D eigenvalue weighted by molar-refractivity contribution is 0.260. The molecule has 3 rings (SSSR count). The SMILES string of the molecule is Cc1cc(CN2CCC(C)(C)C2)oc1CNC1CC1. The molecule has 0 atom stereocenters. The molecule has 0 spiro atoms. The molecule has 3 heteroatoms. The third-order valence-electron chi connectivity index (χ3n) is 4.34. The highest BCUT2D eigenvalue weighted by molar-refractivity contribution is 5.20. The molecule has 1 aromatic rings. The average molecular weight is 262 g/mol. The van der Waals surface area contributed by atoms with Gasteiger partial charge in [-0.25, -0.2) is 0 Å². The Morgan fingerprint density at radius 2 is 2.21 bits per heavy atom. The molecule has 3 nitrogen and oxygen atoms in total. The summed E-state index contributed by atoms with van der Waals surface area (Å²) >= 11 is 0. The second kappa shape index (κ2) is 4.95. The number of hydrogen-bond acceptors (Lipinski definition) is 3. The summed E-state index contributed by atoms with van der Waals surface area (Å²) in [5, 5.41) is 3.53. The number of nitrogens with zero attached hydrogens (tertiary/aromatic N) is 1. The van der Waals surface area contributed by atoms with Gasteiger partial charge in [0.1, 0.15) is 11.5 Å². The second-order valence-electron chi connectivity index (χ2n) is 7.10. The predicted molar refractivity (Wildman–Crippen MR) is 77.0 cm³/mol. The van der Waals surface area contributed by atoms with Gasteiger partial charge in [0.05, 0.1) is 13.1 Å². The Labute approximate surface area is 116 Å². The fraction of sp³-hybridized carbons (Fsp3) is 0.750. The van der Waals surface area contributed by atoms with Crippen LogP contribution in [0.3, 0.4) is 0 Å². The van der Waals surface area contributed by atoms with Crippen molar-refractivity contribution in [2.24, 2.45) is 5.41 Å².